The molecule has 0 atom stereocenters. The van der Waals surface area contributed by atoms with Gasteiger partial charge in [0, 0.05) is 23.6 Å². The molecule has 2 rings (SSSR count). The van der Waals surface area contributed by atoms with Crippen LogP contribution in [0.3, 0.4) is 0 Å². The maximum atomic E-state index is 12.0. The molecule has 0 aliphatic carbocycles. The standard InChI is InChI=1S/C14H14N2O2/c1-10-6-12(8-15-7-10)14(18)16-13-5-3-2-4-11(13)9-17/h2-8,17H,9H2,1H3,(H,16,18). The number of hydrogen-bond donors (Lipinski definition) is 2. The largest absolute Gasteiger partial charge is 0.392 e. The summed E-state index contributed by atoms with van der Waals surface area (Å²) in [5, 5.41) is 11.9. The first-order chi connectivity index (χ1) is 8.70. The molecule has 1 heterocycles. The monoisotopic (exact) mass is 242 g/mol. The molecule has 0 unspecified atom stereocenters. The lowest BCUT2D eigenvalue weighted by atomic mass is 10.1. The van der Waals surface area contributed by atoms with E-state index in [9.17, 15) is 9.90 Å². The van der Waals surface area contributed by atoms with Gasteiger partial charge in [0.15, 0.2) is 0 Å². The zero-order valence-corrected chi connectivity index (χ0v) is 10.1. The van der Waals surface area contributed by atoms with Crippen LogP contribution in [0.2, 0.25) is 0 Å². The van der Waals surface area contributed by atoms with E-state index < -0.39 is 0 Å². The van der Waals surface area contributed by atoms with Crippen molar-refractivity contribution in [3.63, 3.8) is 0 Å². The molecule has 0 saturated heterocycles. The van der Waals surface area contributed by atoms with Crippen molar-refractivity contribution in [2.75, 3.05) is 5.32 Å². The number of anilines is 1. The minimum absolute atomic E-state index is 0.109. The summed E-state index contributed by atoms with van der Waals surface area (Å²) >= 11 is 0. The number of carbonyl (C=O) groups excluding carboxylic acids is 1. The minimum atomic E-state index is -0.230. The second kappa shape index (κ2) is 5.42. The van der Waals surface area contributed by atoms with Gasteiger partial charge >= 0.3 is 0 Å². The van der Waals surface area contributed by atoms with Gasteiger partial charge in [-0.15, -0.1) is 0 Å². The van der Waals surface area contributed by atoms with E-state index in [4.69, 9.17) is 0 Å². The van der Waals surface area contributed by atoms with Gasteiger partial charge in [-0.1, -0.05) is 18.2 Å². The number of aryl methyl sites for hydroxylation is 1. The molecule has 2 aromatic rings. The van der Waals surface area contributed by atoms with E-state index in [0.29, 0.717) is 16.8 Å². The summed E-state index contributed by atoms with van der Waals surface area (Å²) in [6.07, 6.45) is 3.21. The third-order valence-corrected chi connectivity index (χ3v) is 2.57. The van der Waals surface area contributed by atoms with Crippen molar-refractivity contribution < 1.29 is 9.90 Å². The fraction of sp³-hybridized carbons (Fsp3) is 0.143. The first-order valence-corrected chi connectivity index (χ1v) is 5.62. The predicted octanol–water partition coefficient (Wildman–Crippen LogP) is 2.13. The number of nitrogens with one attached hydrogen (secondary N) is 1. The van der Waals surface area contributed by atoms with Gasteiger partial charge in [0.2, 0.25) is 0 Å². The average molecular weight is 242 g/mol. The van der Waals surface area contributed by atoms with E-state index in [2.05, 4.69) is 10.3 Å². The van der Waals surface area contributed by atoms with E-state index in [1.165, 1.54) is 6.20 Å². The number of aromatic nitrogens is 1. The number of aliphatic hydroxyl groups excluding tert-OH is 1. The van der Waals surface area contributed by atoms with Crippen LogP contribution in [0.1, 0.15) is 21.5 Å². The van der Waals surface area contributed by atoms with Gasteiger partial charge in [-0.3, -0.25) is 9.78 Å². The van der Waals surface area contributed by atoms with Gasteiger partial charge in [-0.25, -0.2) is 0 Å². The summed E-state index contributed by atoms with van der Waals surface area (Å²) < 4.78 is 0. The molecule has 92 valence electrons. The summed E-state index contributed by atoms with van der Waals surface area (Å²) in [6, 6.07) is 8.92. The molecule has 1 aromatic heterocycles. The molecule has 0 radical (unpaired) electrons. The number of carbonyl (C=O) groups is 1. The van der Waals surface area contributed by atoms with Crippen LogP contribution < -0.4 is 5.32 Å². The van der Waals surface area contributed by atoms with Crippen molar-refractivity contribution in [1.29, 1.82) is 0 Å². The van der Waals surface area contributed by atoms with E-state index in [-0.39, 0.29) is 12.5 Å². The molecule has 0 aliphatic heterocycles. The fourth-order valence-electron chi connectivity index (χ4n) is 1.65. The summed E-state index contributed by atoms with van der Waals surface area (Å²) in [5.74, 6) is -0.230. The Labute approximate surface area is 105 Å². The first-order valence-electron chi connectivity index (χ1n) is 5.62. The highest BCUT2D eigenvalue weighted by Gasteiger charge is 2.08. The normalized spacial score (nSPS) is 10.1. The van der Waals surface area contributed by atoms with Gasteiger partial charge in [-0.05, 0) is 24.6 Å². The summed E-state index contributed by atoms with van der Waals surface area (Å²) in [5.41, 5.74) is 2.74. The lowest BCUT2D eigenvalue weighted by molar-refractivity contribution is 0.102. The van der Waals surface area contributed by atoms with Gasteiger partial charge in [-0.2, -0.15) is 0 Å². The maximum absolute atomic E-state index is 12.0. The molecule has 0 aliphatic rings. The predicted molar refractivity (Wildman–Crippen MR) is 69.3 cm³/mol. The number of aliphatic hydroxyl groups is 1. The van der Waals surface area contributed by atoms with E-state index in [0.717, 1.165) is 5.56 Å². The van der Waals surface area contributed by atoms with Crippen LogP contribution in [-0.2, 0) is 6.61 Å². The van der Waals surface area contributed by atoms with Crippen LogP contribution in [0.5, 0.6) is 0 Å². The van der Waals surface area contributed by atoms with Gasteiger partial charge in [0.25, 0.3) is 5.91 Å². The van der Waals surface area contributed by atoms with Crippen LogP contribution in [0.25, 0.3) is 0 Å². The number of hydrogen-bond acceptors (Lipinski definition) is 3. The average Bonchev–Trinajstić information content (AvgIpc) is 2.39. The number of rotatable bonds is 3. The molecular formula is C14H14N2O2. The molecule has 0 spiro atoms. The SMILES string of the molecule is Cc1cncc(C(=O)Nc2ccccc2CO)c1. The first kappa shape index (κ1) is 12.3. The quantitative estimate of drug-likeness (QED) is 0.866. The fourth-order valence-corrected chi connectivity index (χ4v) is 1.65. The zero-order chi connectivity index (χ0) is 13.0. The van der Waals surface area contributed by atoms with E-state index in [1.54, 1.807) is 24.4 Å². The molecule has 1 aromatic carbocycles. The van der Waals surface area contributed by atoms with Crippen molar-refractivity contribution in [1.82, 2.24) is 4.98 Å². The number of benzene rings is 1. The van der Waals surface area contributed by atoms with Gasteiger partial charge < -0.3 is 10.4 Å². The topological polar surface area (TPSA) is 62.2 Å². The minimum Gasteiger partial charge on any atom is -0.392 e. The highest BCUT2D eigenvalue weighted by molar-refractivity contribution is 6.04. The molecule has 0 fully saturated rings. The van der Waals surface area contributed by atoms with Crippen molar-refractivity contribution >= 4 is 11.6 Å². The Balaban J connectivity index is 2.21. The molecule has 18 heavy (non-hydrogen) atoms. The molecular weight excluding hydrogens is 228 g/mol. The Kier molecular flexibility index (Phi) is 3.69. The second-order valence-electron chi connectivity index (χ2n) is 4.02. The maximum Gasteiger partial charge on any atom is 0.257 e. The molecule has 2 N–H and O–H groups in total. The number of pyridine rings is 1. The Morgan fingerprint density at radius 1 is 1.33 bits per heavy atom. The van der Waals surface area contributed by atoms with Crippen LogP contribution in [0, 0.1) is 6.92 Å². The van der Waals surface area contributed by atoms with Gasteiger partial charge in [0.05, 0.1) is 12.2 Å². The summed E-state index contributed by atoms with van der Waals surface area (Å²) in [4.78, 5) is 16.0. The highest BCUT2D eigenvalue weighted by atomic mass is 16.3. The van der Waals surface area contributed by atoms with Crippen LogP contribution in [0.4, 0.5) is 5.69 Å². The highest BCUT2D eigenvalue weighted by Crippen LogP contribution is 2.16. The Bertz CT molecular complexity index is 567. The third-order valence-electron chi connectivity index (χ3n) is 2.57. The third kappa shape index (κ3) is 2.73. The Hall–Kier alpha value is -2.20. The van der Waals surface area contributed by atoms with Crippen LogP contribution >= 0.6 is 0 Å². The number of nitrogens with zero attached hydrogens (tertiary/aromatic N) is 1. The molecule has 4 heteroatoms. The molecule has 0 saturated carbocycles. The van der Waals surface area contributed by atoms with E-state index in [1.807, 2.05) is 19.1 Å². The van der Waals surface area contributed by atoms with E-state index >= 15 is 0 Å². The van der Waals surface area contributed by atoms with Gasteiger partial charge in [0.1, 0.15) is 0 Å². The Morgan fingerprint density at radius 2 is 2.11 bits per heavy atom. The van der Waals surface area contributed by atoms with Crippen LogP contribution in [-0.4, -0.2) is 16.0 Å². The number of amides is 1. The van der Waals surface area contributed by atoms with Crippen LogP contribution in [0.15, 0.2) is 42.7 Å². The molecule has 4 nitrogen and oxygen atoms in total. The summed E-state index contributed by atoms with van der Waals surface area (Å²) in [7, 11) is 0. The van der Waals surface area contributed by atoms with Crippen molar-refractivity contribution in [2.45, 2.75) is 13.5 Å². The van der Waals surface area contributed by atoms with Crippen molar-refractivity contribution in [3.05, 3.63) is 59.4 Å². The zero-order valence-electron chi connectivity index (χ0n) is 10.1. The Morgan fingerprint density at radius 3 is 2.83 bits per heavy atom. The molecule has 1 amide bonds. The van der Waals surface area contributed by atoms with Crippen molar-refractivity contribution in [3.8, 4) is 0 Å². The van der Waals surface area contributed by atoms with Crippen molar-refractivity contribution in [2.24, 2.45) is 0 Å². The lowest BCUT2D eigenvalue weighted by Crippen LogP contribution is -2.13. The second-order valence-corrected chi connectivity index (χ2v) is 4.02. The number of para-hydroxylation sites is 1. The summed E-state index contributed by atoms with van der Waals surface area (Å²) in [6.45, 7) is 1.77. The smallest absolute Gasteiger partial charge is 0.257 e. The lowest BCUT2D eigenvalue weighted by Gasteiger charge is -2.09. The molecule has 0 bridgehead atoms.